The molecule has 0 bridgehead atoms. The van der Waals surface area contributed by atoms with Crippen LogP contribution in [-0.4, -0.2) is 52.9 Å². The highest BCUT2D eigenvalue weighted by molar-refractivity contribution is 7.95. The molecule has 1 saturated carbocycles. The van der Waals surface area contributed by atoms with E-state index < -0.39 is 19.7 Å². The van der Waals surface area contributed by atoms with Crippen LogP contribution in [-0.2, 0) is 19.7 Å². The first-order valence-corrected chi connectivity index (χ1v) is 9.59. The number of hydrogen-bond acceptors (Lipinski definition) is 5. The Kier molecular flexibility index (Phi) is 4.97. The van der Waals surface area contributed by atoms with Crippen LogP contribution in [0, 0.1) is 0 Å². The van der Waals surface area contributed by atoms with Gasteiger partial charge < -0.3 is 5.32 Å². The average molecular weight is 283 g/mol. The van der Waals surface area contributed by atoms with E-state index in [1.807, 2.05) is 7.05 Å². The van der Waals surface area contributed by atoms with Crippen LogP contribution in [0.2, 0.25) is 0 Å². The van der Waals surface area contributed by atoms with Crippen molar-refractivity contribution < 1.29 is 16.8 Å². The summed E-state index contributed by atoms with van der Waals surface area (Å²) in [5, 5.41) is 2.72. The summed E-state index contributed by atoms with van der Waals surface area (Å²) in [7, 11) is -4.66. The lowest BCUT2D eigenvalue weighted by Gasteiger charge is -2.28. The van der Waals surface area contributed by atoms with Crippen molar-refractivity contribution in [2.75, 3.05) is 24.8 Å². The molecule has 0 saturated heterocycles. The molecule has 1 rings (SSSR count). The zero-order valence-corrected chi connectivity index (χ0v) is 12.0. The molecule has 0 aromatic rings. The lowest BCUT2D eigenvalue weighted by atomic mass is 9.95. The Bertz CT molecular complexity index is 441. The van der Waals surface area contributed by atoms with Crippen LogP contribution < -0.4 is 5.32 Å². The Balaban J connectivity index is 2.64. The van der Waals surface area contributed by atoms with Crippen LogP contribution in [0.4, 0.5) is 0 Å². The van der Waals surface area contributed by atoms with Gasteiger partial charge in [-0.15, -0.1) is 0 Å². The summed E-state index contributed by atoms with van der Waals surface area (Å²) in [5.41, 5.74) is 0. The summed E-state index contributed by atoms with van der Waals surface area (Å²) in [6.07, 6.45) is 4.20. The molecule has 0 spiro atoms. The summed E-state index contributed by atoms with van der Waals surface area (Å²) in [5.74, 6) is -0.511. The summed E-state index contributed by atoms with van der Waals surface area (Å²) >= 11 is 0. The molecular formula is C10H21NO4S2. The summed E-state index contributed by atoms with van der Waals surface area (Å²) in [6.45, 7) is 0. The van der Waals surface area contributed by atoms with Crippen molar-refractivity contribution in [3.63, 3.8) is 0 Å². The molecular weight excluding hydrogens is 262 g/mol. The first-order valence-electron chi connectivity index (χ1n) is 5.81. The predicted molar refractivity (Wildman–Crippen MR) is 68.6 cm³/mol. The Morgan fingerprint density at radius 2 is 1.76 bits per heavy atom. The van der Waals surface area contributed by atoms with Crippen LogP contribution in [0.1, 0.15) is 25.7 Å². The molecule has 7 heteroatoms. The smallest absolute Gasteiger partial charge is 0.154 e. The SMILES string of the molecule is CNC1CCCC(S(=O)(=O)CCS(C)(=O)=O)C1. The fourth-order valence-electron chi connectivity index (χ4n) is 2.17. The van der Waals surface area contributed by atoms with E-state index in [9.17, 15) is 16.8 Å². The van der Waals surface area contributed by atoms with Crippen LogP contribution in [0.15, 0.2) is 0 Å². The number of sulfone groups is 2. The summed E-state index contributed by atoms with van der Waals surface area (Å²) in [6, 6.07) is 0.238. The minimum atomic E-state index is -3.28. The van der Waals surface area contributed by atoms with Crippen molar-refractivity contribution in [3.8, 4) is 0 Å². The molecule has 2 atom stereocenters. The fraction of sp³-hybridized carbons (Fsp3) is 1.00. The van der Waals surface area contributed by atoms with Gasteiger partial charge >= 0.3 is 0 Å². The molecule has 1 fully saturated rings. The van der Waals surface area contributed by atoms with Gasteiger partial charge in [0.15, 0.2) is 9.84 Å². The standard InChI is InChI=1S/C10H21NO4S2/c1-11-9-4-3-5-10(8-9)17(14,15)7-6-16(2,12)13/h9-11H,3-8H2,1-2H3. The van der Waals surface area contributed by atoms with Crippen molar-refractivity contribution in [1.82, 2.24) is 5.32 Å². The largest absolute Gasteiger partial charge is 0.317 e. The second-order valence-corrected chi connectivity index (χ2v) is 9.43. The molecule has 0 heterocycles. The molecule has 0 aromatic carbocycles. The minimum absolute atomic E-state index is 0.238. The maximum atomic E-state index is 12.0. The van der Waals surface area contributed by atoms with Crippen molar-refractivity contribution in [2.45, 2.75) is 37.0 Å². The van der Waals surface area contributed by atoms with Crippen molar-refractivity contribution >= 4 is 19.7 Å². The lowest BCUT2D eigenvalue weighted by molar-refractivity contribution is 0.391. The first kappa shape index (κ1) is 14.9. The highest BCUT2D eigenvalue weighted by atomic mass is 32.2. The third-order valence-electron chi connectivity index (χ3n) is 3.28. The zero-order chi connectivity index (χ0) is 13.1. The van der Waals surface area contributed by atoms with Crippen molar-refractivity contribution in [3.05, 3.63) is 0 Å². The Morgan fingerprint density at radius 3 is 2.29 bits per heavy atom. The molecule has 0 radical (unpaired) electrons. The first-order chi connectivity index (χ1) is 7.74. The van der Waals surface area contributed by atoms with E-state index >= 15 is 0 Å². The molecule has 0 amide bonds. The summed E-state index contributed by atoms with van der Waals surface area (Å²) < 4.78 is 46.0. The predicted octanol–water partition coefficient (Wildman–Crippen LogP) is -0.0236. The normalized spacial score (nSPS) is 26.9. The number of hydrogen-bond donors (Lipinski definition) is 1. The number of rotatable bonds is 5. The van der Waals surface area contributed by atoms with Crippen molar-refractivity contribution in [2.24, 2.45) is 0 Å². The highest BCUT2D eigenvalue weighted by Crippen LogP contribution is 2.24. The molecule has 1 aliphatic rings. The topological polar surface area (TPSA) is 80.3 Å². The maximum absolute atomic E-state index is 12.0. The van der Waals surface area contributed by atoms with E-state index in [-0.39, 0.29) is 22.8 Å². The van der Waals surface area contributed by atoms with Gasteiger partial charge in [0.05, 0.1) is 16.8 Å². The Labute approximate surface area is 104 Å². The van der Waals surface area contributed by atoms with Crippen LogP contribution in [0.25, 0.3) is 0 Å². The van der Waals surface area contributed by atoms with E-state index in [4.69, 9.17) is 0 Å². The van der Waals surface area contributed by atoms with Gasteiger partial charge in [-0.25, -0.2) is 16.8 Å². The Morgan fingerprint density at radius 1 is 1.12 bits per heavy atom. The molecule has 1 N–H and O–H groups in total. The van der Waals surface area contributed by atoms with Gasteiger partial charge in [-0.1, -0.05) is 6.42 Å². The van der Waals surface area contributed by atoms with E-state index in [0.717, 1.165) is 19.1 Å². The van der Waals surface area contributed by atoms with Gasteiger partial charge in [0.2, 0.25) is 0 Å². The fourth-order valence-corrected chi connectivity index (χ4v) is 5.69. The van der Waals surface area contributed by atoms with Crippen LogP contribution >= 0.6 is 0 Å². The zero-order valence-electron chi connectivity index (χ0n) is 10.3. The van der Waals surface area contributed by atoms with E-state index in [2.05, 4.69) is 5.32 Å². The second kappa shape index (κ2) is 5.67. The van der Waals surface area contributed by atoms with Gasteiger partial charge in [-0.2, -0.15) is 0 Å². The van der Waals surface area contributed by atoms with Gasteiger partial charge in [-0.3, -0.25) is 0 Å². The van der Waals surface area contributed by atoms with Crippen LogP contribution in [0.5, 0.6) is 0 Å². The molecule has 0 aromatic heterocycles. The quantitative estimate of drug-likeness (QED) is 0.767. The third kappa shape index (κ3) is 4.93. The molecule has 0 aliphatic heterocycles. The van der Waals surface area contributed by atoms with Gasteiger partial charge in [-0.05, 0) is 26.3 Å². The minimum Gasteiger partial charge on any atom is -0.317 e. The molecule has 1 aliphatic carbocycles. The van der Waals surface area contributed by atoms with E-state index in [0.29, 0.717) is 12.8 Å². The number of nitrogens with one attached hydrogen (secondary N) is 1. The second-order valence-electron chi connectivity index (χ2n) is 4.77. The van der Waals surface area contributed by atoms with Gasteiger partial charge in [0.25, 0.3) is 0 Å². The Hall–Kier alpha value is -0.140. The van der Waals surface area contributed by atoms with E-state index in [1.165, 1.54) is 0 Å². The van der Waals surface area contributed by atoms with Gasteiger partial charge in [0.1, 0.15) is 9.84 Å². The van der Waals surface area contributed by atoms with Gasteiger partial charge in [0, 0.05) is 12.3 Å². The van der Waals surface area contributed by atoms with Crippen LogP contribution in [0.3, 0.4) is 0 Å². The molecule has 17 heavy (non-hydrogen) atoms. The monoisotopic (exact) mass is 283 g/mol. The van der Waals surface area contributed by atoms with Crippen molar-refractivity contribution in [1.29, 1.82) is 0 Å². The van der Waals surface area contributed by atoms with E-state index in [1.54, 1.807) is 0 Å². The molecule has 102 valence electrons. The summed E-state index contributed by atoms with van der Waals surface area (Å²) in [4.78, 5) is 0. The average Bonchev–Trinajstić information content (AvgIpc) is 2.26. The lowest BCUT2D eigenvalue weighted by Crippen LogP contribution is -2.38. The highest BCUT2D eigenvalue weighted by Gasteiger charge is 2.31. The molecule has 5 nitrogen and oxygen atoms in total. The molecule has 2 unspecified atom stereocenters. The maximum Gasteiger partial charge on any atom is 0.154 e. The third-order valence-corrected chi connectivity index (χ3v) is 6.70.